The molecule has 0 amide bonds. The molecule has 0 saturated carbocycles. The van der Waals surface area contributed by atoms with Crippen LogP contribution in [-0.2, 0) is 12.2 Å². The van der Waals surface area contributed by atoms with Gasteiger partial charge in [0.15, 0.2) is 0 Å². The van der Waals surface area contributed by atoms with E-state index in [0.717, 1.165) is 28.4 Å². The molecule has 0 unspecified atom stereocenters. The van der Waals surface area contributed by atoms with Crippen LogP contribution in [0, 0.1) is 6.92 Å². The number of aromatic nitrogens is 1. The van der Waals surface area contributed by atoms with Crippen LogP contribution < -0.4 is 4.74 Å². The number of hydrogen-bond acceptors (Lipinski definition) is 4. The highest BCUT2D eigenvalue weighted by Crippen LogP contribution is 2.32. The van der Waals surface area contributed by atoms with E-state index in [1.807, 2.05) is 25.1 Å². The average Bonchev–Trinajstić information content (AvgIpc) is 2.95. The van der Waals surface area contributed by atoms with Gasteiger partial charge < -0.3 is 4.74 Å². The zero-order chi connectivity index (χ0) is 16.2. The molecule has 1 aliphatic heterocycles. The van der Waals surface area contributed by atoms with Crippen LogP contribution in [0.1, 0.15) is 16.8 Å². The van der Waals surface area contributed by atoms with Crippen LogP contribution >= 0.6 is 11.8 Å². The van der Waals surface area contributed by atoms with E-state index in [1.54, 1.807) is 24.0 Å². The van der Waals surface area contributed by atoms with Gasteiger partial charge in [-0.3, -0.25) is 4.98 Å². The number of halogens is 2. The SMILES string of the molecule is Cc1c(OCC(F)F)ccnc1CSC1=Nc2ccccc2C1. The molecule has 3 rings (SSSR count). The molecule has 6 heteroatoms. The summed E-state index contributed by atoms with van der Waals surface area (Å²) in [6.45, 7) is 1.24. The fraction of sp³-hybridized carbons (Fsp3) is 0.294. The van der Waals surface area contributed by atoms with Crippen LogP contribution in [0.25, 0.3) is 0 Å². The van der Waals surface area contributed by atoms with E-state index in [9.17, 15) is 8.78 Å². The van der Waals surface area contributed by atoms with Gasteiger partial charge in [-0.2, -0.15) is 0 Å². The van der Waals surface area contributed by atoms with Crippen LogP contribution in [-0.4, -0.2) is 23.1 Å². The first-order valence-electron chi connectivity index (χ1n) is 7.27. The minimum atomic E-state index is -2.48. The lowest BCUT2D eigenvalue weighted by atomic mass is 10.2. The van der Waals surface area contributed by atoms with E-state index >= 15 is 0 Å². The molecule has 0 radical (unpaired) electrons. The maximum Gasteiger partial charge on any atom is 0.272 e. The third-order valence-corrected chi connectivity index (χ3v) is 4.56. The number of ether oxygens (including phenoxy) is 1. The Morgan fingerprint density at radius 1 is 1.26 bits per heavy atom. The molecule has 0 spiro atoms. The molecule has 2 aromatic rings. The van der Waals surface area contributed by atoms with E-state index in [1.165, 1.54) is 5.56 Å². The number of thioether (sulfide) groups is 1. The summed E-state index contributed by atoms with van der Waals surface area (Å²) < 4.78 is 29.7. The Morgan fingerprint density at radius 3 is 2.87 bits per heavy atom. The first-order chi connectivity index (χ1) is 11.1. The first-order valence-corrected chi connectivity index (χ1v) is 8.25. The molecule has 1 aromatic carbocycles. The molecule has 2 heterocycles. The highest BCUT2D eigenvalue weighted by Gasteiger charge is 2.16. The van der Waals surface area contributed by atoms with Crippen molar-refractivity contribution >= 4 is 22.5 Å². The van der Waals surface area contributed by atoms with Gasteiger partial charge in [-0.15, -0.1) is 11.8 Å². The molecule has 0 aliphatic carbocycles. The molecule has 120 valence electrons. The maximum absolute atomic E-state index is 12.3. The Hall–Kier alpha value is -1.95. The first kappa shape index (κ1) is 15.9. The number of fused-ring (bicyclic) bond motifs is 1. The zero-order valence-corrected chi connectivity index (χ0v) is 13.4. The van der Waals surface area contributed by atoms with Crippen LogP contribution in [0.15, 0.2) is 41.5 Å². The second kappa shape index (κ2) is 7.08. The summed E-state index contributed by atoms with van der Waals surface area (Å²) in [5.41, 5.74) is 3.89. The van der Waals surface area contributed by atoms with Gasteiger partial charge in [0.2, 0.25) is 0 Å². The predicted molar refractivity (Wildman–Crippen MR) is 89.0 cm³/mol. The number of alkyl halides is 2. The summed E-state index contributed by atoms with van der Waals surface area (Å²) in [5, 5.41) is 1.05. The van der Waals surface area contributed by atoms with Crippen molar-refractivity contribution in [3.05, 3.63) is 53.3 Å². The summed E-state index contributed by atoms with van der Waals surface area (Å²) in [6.07, 6.45) is -0.0529. The molecule has 1 aromatic heterocycles. The second-order valence-electron chi connectivity index (χ2n) is 5.18. The van der Waals surface area contributed by atoms with Gasteiger partial charge in [-0.05, 0) is 24.6 Å². The van der Waals surface area contributed by atoms with Crippen LogP contribution in [0.4, 0.5) is 14.5 Å². The Bertz CT molecular complexity index is 734. The highest BCUT2D eigenvalue weighted by molar-refractivity contribution is 8.13. The van der Waals surface area contributed by atoms with E-state index in [2.05, 4.69) is 16.0 Å². The molecular formula is C17H16F2N2OS. The number of rotatable bonds is 5. The minimum Gasteiger partial charge on any atom is -0.487 e. The molecule has 0 fully saturated rings. The van der Waals surface area contributed by atoms with Gasteiger partial charge in [-0.1, -0.05) is 18.2 Å². The lowest BCUT2D eigenvalue weighted by molar-refractivity contribution is 0.0815. The third-order valence-electron chi connectivity index (χ3n) is 3.58. The number of aliphatic imine (C=N–C) groups is 1. The van der Waals surface area contributed by atoms with Gasteiger partial charge in [-0.25, -0.2) is 13.8 Å². The van der Waals surface area contributed by atoms with Crippen molar-refractivity contribution in [2.24, 2.45) is 4.99 Å². The second-order valence-corrected chi connectivity index (χ2v) is 6.23. The van der Waals surface area contributed by atoms with Crippen LogP contribution in [0.2, 0.25) is 0 Å². The van der Waals surface area contributed by atoms with Crippen LogP contribution in [0.5, 0.6) is 5.75 Å². The normalized spacial score (nSPS) is 13.1. The van der Waals surface area contributed by atoms with Crippen molar-refractivity contribution in [3.63, 3.8) is 0 Å². The van der Waals surface area contributed by atoms with Crippen molar-refractivity contribution in [2.45, 2.75) is 25.5 Å². The van der Waals surface area contributed by atoms with Crippen molar-refractivity contribution in [1.29, 1.82) is 0 Å². The van der Waals surface area contributed by atoms with Crippen molar-refractivity contribution in [3.8, 4) is 5.75 Å². The Morgan fingerprint density at radius 2 is 2.09 bits per heavy atom. The van der Waals surface area contributed by atoms with Crippen molar-refractivity contribution in [1.82, 2.24) is 4.98 Å². The van der Waals surface area contributed by atoms with E-state index in [4.69, 9.17) is 4.74 Å². The van der Waals surface area contributed by atoms with E-state index < -0.39 is 13.0 Å². The number of nitrogens with zero attached hydrogens (tertiary/aromatic N) is 2. The molecule has 1 aliphatic rings. The lowest BCUT2D eigenvalue weighted by Crippen LogP contribution is -2.09. The molecule has 3 nitrogen and oxygen atoms in total. The van der Waals surface area contributed by atoms with Gasteiger partial charge in [0.1, 0.15) is 12.4 Å². The molecule has 0 bridgehead atoms. The quantitative estimate of drug-likeness (QED) is 0.804. The fourth-order valence-corrected chi connectivity index (χ4v) is 3.37. The largest absolute Gasteiger partial charge is 0.487 e. The summed E-state index contributed by atoms with van der Waals surface area (Å²) >= 11 is 1.62. The highest BCUT2D eigenvalue weighted by atomic mass is 32.2. The summed E-state index contributed by atoms with van der Waals surface area (Å²) in [6, 6.07) is 9.69. The zero-order valence-electron chi connectivity index (χ0n) is 12.6. The lowest BCUT2D eigenvalue weighted by Gasteiger charge is -2.11. The Balaban J connectivity index is 1.64. The summed E-state index contributed by atoms with van der Waals surface area (Å²) in [4.78, 5) is 8.93. The molecular weight excluding hydrogens is 318 g/mol. The maximum atomic E-state index is 12.3. The average molecular weight is 334 g/mol. The van der Waals surface area contributed by atoms with Crippen LogP contribution in [0.3, 0.4) is 0 Å². The smallest absolute Gasteiger partial charge is 0.272 e. The van der Waals surface area contributed by atoms with Gasteiger partial charge in [0.25, 0.3) is 6.43 Å². The molecule has 23 heavy (non-hydrogen) atoms. The fourth-order valence-electron chi connectivity index (χ4n) is 2.35. The van der Waals surface area contributed by atoms with Gasteiger partial charge in [0, 0.05) is 23.9 Å². The number of benzene rings is 1. The Kier molecular flexibility index (Phi) is 4.91. The predicted octanol–water partition coefficient (Wildman–Crippen LogP) is 4.55. The monoisotopic (exact) mass is 334 g/mol. The minimum absolute atomic E-state index is 0.465. The molecule has 0 atom stereocenters. The van der Waals surface area contributed by atoms with Crippen molar-refractivity contribution < 1.29 is 13.5 Å². The number of para-hydroxylation sites is 1. The molecule has 0 N–H and O–H groups in total. The van der Waals surface area contributed by atoms with Gasteiger partial charge >= 0.3 is 0 Å². The number of pyridine rings is 1. The topological polar surface area (TPSA) is 34.5 Å². The molecule has 0 saturated heterocycles. The standard InChI is InChI=1S/C17H16F2N2OS/c1-11-14(20-7-6-15(11)22-9-16(18)19)10-23-17-8-12-4-2-3-5-13(12)21-17/h2-7,16H,8-10H2,1H3. The summed E-state index contributed by atoms with van der Waals surface area (Å²) in [5.74, 6) is 1.11. The van der Waals surface area contributed by atoms with E-state index in [-0.39, 0.29) is 0 Å². The van der Waals surface area contributed by atoms with Gasteiger partial charge in [0.05, 0.1) is 16.4 Å². The number of hydrogen-bond donors (Lipinski definition) is 0. The van der Waals surface area contributed by atoms with Crippen molar-refractivity contribution in [2.75, 3.05) is 6.61 Å². The van der Waals surface area contributed by atoms with E-state index in [0.29, 0.717) is 11.5 Å². The Labute approximate surface area is 137 Å². The third kappa shape index (κ3) is 3.88. The summed E-state index contributed by atoms with van der Waals surface area (Å²) in [7, 11) is 0.